The van der Waals surface area contributed by atoms with Gasteiger partial charge in [0.05, 0.1) is 8.07 Å². The van der Waals surface area contributed by atoms with Gasteiger partial charge in [0.1, 0.15) is 0 Å². The Kier molecular flexibility index (Phi) is 1.99. The predicted octanol–water partition coefficient (Wildman–Crippen LogP) is 3.27. The zero-order valence-electron chi connectivity index (χ0n) is 6.91. The zero-order valence-corrected chi connectivity index (χ0v) is 7.91. The van der Waals surface area contributed by atoms with Gasteiger partial charge in [-0.3, -0.25) is 0 Å². The van der Waals surface area contributed by atoms with E-state index >= 15 is 0 Å². The summed E-state index contributed by atoms with van der Waals surface area (Å²) in [6.07, 6.45) is 3.06. The molecule has 9 heavy (non-hydrogen) atoms. The lowest BCUT2D eigenvalue weighted by Crippen LogP contribution is -2.28. The van der Waals surface area contributed by atoms with E-state index in [1.165, 1.54) is 12.8 Å². The third-order valence-corrected chi connectivity index (χ3v) is 8.92. The first-order chi connectivity index (χ1) is 4.15. The Bertz CT molecular complexity index is 90.7. The molecule has 0 saturated carbocycles. The Labute approximate surface area is 59.7 Å². The van der Waals surface area contributed by atoms with Crippen LogP contribution in [0.2, 0.25) is 24.2 Å². The summed E-state index contributed by atoms with van der Waals surface area (Å²) < 4.78 is 0. The first-order valence-electron chi connectivity index (χ1n) is 4.15. The molecule has 1 saturated heterocycles. The summed E-state index contributed by atoms with van der Waals surface area (Å²) in [4.78, 5) is 0. The minimum atomic E-state index is -0.664. The maximum Gasteiger partial charge on any atom is 0.0530 e. The SMILES string of the molecule is CC(C)[Si]1(C)CCCC1. The summed E-state index contributed by atoms with van der Waals surface area (Å²) in [6, 6.07) is 3.20. The highest BCUT2D eigenvalue weighted by Crippen LogP contribution is 2.38. The van der Waals surface area contributed by atoms with E-state index in [2.05, 4.69) is 20.4 Å². The van der Waals surface area contributed by atoms with Crippen LogP contribution in [0.15, 0.2) is 0 Å². The molecule has 1 aliphatic heterocycles. The standard InChI is InChI=1S/C8H18Si/c1-8(2)9(3)6-4-5-7-9/h8H,4-7H2,1-3H3. The van der Waals surface area contributed by atoms with Crippen LogP contribution in [0.3, 0.4) is 0 Å². The Balaban J connectivity index is 2.51. The van der Waals surface area contributed by atoms with Crippen molar-refractivity contribution >= 4 is 8.07 Å². The highest BCUT2D eigenvalue weighted by Gasteiger charge is 2.33. The van der Waals surface area contributed by atoms with Gasteiger partial charge in [-0.05, 0) is 0 Å². The Morgan fingerprint density at radius 3 is 1.78 bits per heavy atom. The van der Waals surface area contributed by atoms with Crippen molar-refractivity contribution < 1.29 is 0 Å². The van der Waals surface area contributed by atoms with E-state index in [9.17, 15) is 0 Å². The molecule has 54 valence electrons. The van der Waals surface area contributed by atoms with E-state index in [4.69, 9.17) is 0 Å². The fourth-order valence-electron chi connectivity index (χ4n) is 1.76. The van der Waals surface area contributed by atoms with Crippen molar-refractivity contribution in [2.45, 2.75) is 50.9 Å². The maximum absolute atomic E-state index is 2.57. The molecule has 1 heterocycles. The van der Waals surface area contributed by atoms with Crippen molar-refractivity contribution in [2.75, 3.05) is 0 Å². The molecule has 1 fully saturated rings. The summed E-state index contributed by atoms with van der Waals surface area (Å²) in [5.74, 6) is 0. The van der Waals surface area contributed by atoms with Crippen molar-refractivity contribution in [3.05, 3.63) is 0 Å². The molecule has 0 aliphatic carbocycles. The van der Waals surface area contributed by atoms with Crippen LogP contribution < -0.4 is 0 Å². The van der Waals surface area contributed by atoms with Crippen LogP contribution in [0.4, 0.5) is 0 Å². The molecule has 0 radical (unpaired) electrons. The topological polar surface area (TPSA) is 0 Å². The van der Waals surface area contributed by atoms with Gasteiger partial charge < -0.3 is 0 Å². The minimum absolute atomic E-state index is 0.664. The Morgan fingerprint density at radius 2 is 1.56 bits per heavy atom. The quantitative estimate of drug-likeness (QED) is 0.493. The van der Waals surface area contributed by atoms with Crippen LogP contribution in [0.1, 0.15) is 26.7 Å². The second-order valence-corrected chi connectivity index (χ2v) is 9.48. The Morgan fingerprint density at radius 1 is 1.11 bits per heavy atom. The van der Waals surface area contributed by atoms with E-state index in [0.29, 0.717) is 0 Å². The van der Waals surface area contributed by atoms with Crippen LogP contribution in [-0.4, -0.2) is 8.07 Å². The van der Waals surface area contributed by atoms with Gasteiger partial charge in [0, 0.05) is 0 Å². The van der Waals surface area contributed by atoms with Crippen LogP contribution in [0.25, 0.3) is 0 Å². The normalized spacial score (nSPS) is 25.3. The van der Waals surface area contributed by atoms with E-state index in [1.807, 2.05) is 0 Å². The first kappa shape index (κ1) is 7.33. The molecule has 0 aromatic rings. The molecular weight excluding hydrogens is 124 g/mol. The van der Waals surface area contributed by atoms with Gasteiger partial charge in [-0.25, -0.2) is 0 Å². The largest absolute Gasteiger partial charge is 0.0690 e. The lowest BCUT2D eigenvalue weighted by atomic mass is 10.4. The fourth-order valence-corrected chi connectivity index (χ4v) is 5.28. The van der Waals surface area contributed by atoms with Crippen LogP contribution in [0.5, 0.6) is 0 Å². The van der Waals surface area contributed by atoms with Crippen molar-refractivity contribution in [2.24, 2.45) is 0 Å². The molecule has 1 heteroatoms. The summed E-state index contributed by atoms with van der Waals surface area (Å²) in [5.41, 5.74) is 1.03. The lowest BCUT2D eigenvalue weighted by Gasteiger charge is -2.25. The second kappa shape index (κ2) is 2.45. The van der Waals surface area contributed by atoms with E-state index < -0.39 is 8.07 Å². The third kappa shape index (κ3) is 1.37. The average Bonchev–Trinajstić information content (AvgIpc) is 2.16. The first-order valence-corrected chi connectivity index (χ1v) is 7.14. The van der Waals surface area contributed by atoms with Crippen LogP contribution in [0, 0.1) is 0 Å². The predicted molar refractivity (Wildman–Crippen MR) is 45.6 cm³/mol. The average molecular weight is 142 g/mol. The van der Waals surface area contributed by atoms with Crippen molar-refractivity contribution in [1.29, 1.82) is 0 Å². The van der Waals surface area contributed by atoms with Gasteiger partial charge in [-0.2, -0.15) is 0 Å². The molecule has 0 aromatic heterocycles. The molecule has 0 atom stereocenters. The smallest absolute Gasteiger partial charge is 0.0530 e. The van der Waals surface area contributed by atoms with Crippen molar-refractivity contribution in [3.63, 3.8) is 0 Å². The van der Waals surface area contributed by atoms with Gasteiger partial charge in [0.2, 0.25) is 0 Å². The van der Waals surface area contributed by atoms with Crippen molar-refractivity contribution in [1.82, 2.24) is 0 Å². The summed E-state index contributed by atoms with van der Waals surface area (Å²) in [7, 11) is -0.664. The van der Waals surface area contributed by atoms with E-state index in [-0.39, 0.29) is 0 Å². The molecule has 0 bridgehead atoms. The Hall–Kier alpha value is 0.217. The van der Waals surface area contributed by atoms with Crippen molar-refractivity contribution in [3.8, 4) is 0 Å². The third-order valence-electron chi connectivity index (χ3n) is 3.14. The molecular formula is C8H18Si. The number of rotatable bonds is 1. The van der Waals surface area contributed by atoms with Crippen LogP contribution >= 0.6 is 0 Å². The van der Waals surface area contributed by atoms with Gasteiger partial charge in [-0.1, -0.05) is 50.9 Å². The van der Waals surface area contributed by atoms with Gasteiger partial charge in [-0.15, -0.1) is 0 Å². The second-order valence-electron chi connectivity index (χ2n) is 4.02. The summed E-state index contributed by atoms with van der Waals surface area (Å²) >= 11 is 0. The number of hydrogen-bond acceptors (Lipinski definition) is 0. The van der Waals surface area contributed by atoms with Crippen LogP contribution in [-0.2, 0) is 0 Å². The summed E-state index contributed by atoms with van der Waals surface area (Å²) in [5, 5.41) is 0. The maximum atomic E-state index is 2.57. The zero-order chi connectivity index (χ0) is 6.91. The molecule has 1 rings (SSSR count). The molecule has 0 N–H and O–H groups in total. The summed E-state index contributed by atoms with van der Waals surface area (Å²) in [6.45, 7) is 7.40. The molecule has 0 spiro atoms. The number of hydrogen-bond donors (Lipinski definition) is 0. The lowest BCUT2D eigenvalue weighted by molar-refractivity contribution is 0.935. The molecule has 0 nitrogen and oxygen atoms in total. The monoisotopic (exact) mass is 142 g/mol. The van der Waals surface area contributed by atoms with Gasteiger partial charge in [0.25, 0.3) is 0 Å². The molecule has 1 aliphatic rings. The molecule has 0 unspecified atom stereocenters. The highest BCUT2D eigenvalue weighted by atomic mass is 28.3. The molecule has 0 aromatic carbocycles. The minimum Gasteiger partial charge on any atom is -0.0690 e. The molecule has 0 amide bonds. The van der Waals surface area contributed by atoms with E-state index in [1.54, 1.807) is 12.1 Å². The highest BCUT2D eigenvalue weighted by molar-refractivity contribution is 6.80. The van der Waals surface area contributed by atoms with E-state index in [0.717, 1.165) is 5.54 Å². The van der Waals surface area contributed by atoms with Gasteiger partial charge >= 0.3 is 0 Å². The fraction of sp³-hybridized carbons (Fsp3) is 1.00. The van der Waals surface area contributed by atoms with Gasteiger partial charge in [0.15, 0.2) is 0 Å².